The summed E-state index contributed by atoms with van der Waals surface area (Å²) in [5.74, 6) is -1.15. The second-order valence-electron chi connectivity index (χ2n) is 5.66. The number of rotatable bonds is 5. The van der Waals surface area contributed by atoms with Gasteiger partial charge in [0.25, 0.3) is 0 Å². The summed E-state index contributed by atoms with van der Waals surface area (Å²) in [4.78, 5) is 25.1. The zero-order valence-corrected chi connectivity index (χ0v) is 11.7. The van der Waals surface area contributed by atoms with Gasteiger partial charge in [0.2, 0.25) is 5.91 Å². The first-order valence-corrected chi connectivity index (χ1v) is 7.36. The van der Waals surface area contributed by atoms with E-state index in [-0.39, 0.29) is 30.5 Å². The van der Waals surface area contributed by atoms with Crippen LogP contribution in [-0.2, 0) is 14.3 Å². The molecule has 20 heavy (non-hydrogen) atoms. The second-order valence-corrected chi connectivity index (χ2v) is 5.66. The van der Waals surface area contributed by atoms with Crippen LogP contribution in [0.1, 0.15) is 32.1 Å². The Labute approximate surface area is 118 Å². The van der Waals surface area contributed by atoms with Crippen LogP contribution >= 0.6 is 0 Å². The quantitative estimate of drug-likeness (QED) is 0.767. The SMILES string of the molecule is O=C(O)C1CCC(C(=O)N2CCC(OCCO)CC2)C1. The molecule has 2 atom stereocenters. The predicted molar refractivity (Wildman–Crippen MR) is 71.1 cm³/mol. The number of nitrogens with zero attached hydrogens (tertiary/aromatic N) is 1. The van der Waals surface area contributed by atoms with E-state index < -0.39 is 5.97 Å². The van der Waals surface area contributed by atoms with Crippen molar-refractivity contribution in [2.75, 3.05) is 26.3 Å². The molecular formula is C14H23NO5. The summed E-state index contributed by atoms with van der Waals surface area (Å²) in [5, 5.41) is 17.7. The van der Waals surface area contributed by atoms with Crippen molar-refractivity contribution < 1.29 is 24.5 Å². The number of ether oxygens (including phenoxy) is 1. The van der Waals surface area contributed by atoms with Gasteiger partial charge in [-0.2, -0.15) is 0 Å². The highest BCUT2D eigenvalue weighted by Crippen LogP contribution is 2.33. The first kappa shape index (κ1) is 15.3. The molecule has 0 aromatic carbocycles. The Bertz CT molecular complexity index is 351. The predicted octanol–water partition coefficient (Wildman–Crippen LogP) is 0.487. The lowest BCUT2D eigenvalue weighted by Gasteiger charge is -2.33. The van der Waals surface area contributed by atoms with E-state index in [1.807, 2.05) is 4.90 Å². The lowest BCUT2D eigenvalue weighted by Crippen LogP contribution is -2.43. The standard InChI is InChI=1S/C14H23NO5/c16-7-8-20-12-3-5-15(6-4-12)13(17)10-1-2-11(9-10)14(18)19/h10-12,16H,1-9H2,(H,18,19). The van der Waals surface area contributed by atoms with Gasteiger partial charge < -0.3 is 19.8 Å². The lowest BCUT2D eigenvalue weighted by molar-refractivity contribution is -0.142. The van der Waals surface area contributed by atoms with E-state index in [1.165, 1.54) is 0 Å². The van der Waals surface area contributed by atoms with Gasteiger partial charge >= 0.3 is 5.97 Å². The monoisotopic (exact) mass is 285 g/mol. The first-order chi connectivity index (χ1) is 9.61. The summed E-state index contributed by atoms with van der Waals surface area (Å²) < 4.78 is 5.47. The molecule has 0 bridgehead atoms. The molecule has 1 aliphatic carbocycles. The third kappa shape index (κ3) is 3.70. The van der Waals surface area contributed by atoms with Crippen LogP contribution in [0, 0.1) is 11.8 Å². The maximum absolute atomic E-state index is 12.3. The number of hydrogen-bond acceptors (Lipinski definition) is 4. The number of carbonyl (C=O) groups excluding carboxylic acids is 1. The maximum atomic E-state index is 12.3. The summed E-state index contributed by atoms with van der Waals surface area (Å²) >= 11 is 0. The molecule has 6 nitrogen and oxygen atoms in total. The molecule has 1 amide bonds. The molecule has 0 radical (unpaired) electrons. The number of aliphatic hydroxyl groups excluding tert-OH is 1. The van der Waals surface area contributed by atoms with Crippen LogP contribution in [0.15, 0.2) is 0 Å². The normalized spacial score (nSPS) is 27.8. The third-order valence-corrected chi connectivity index (χ3v) is 4.33. The van der Waals surface area contributed by atoms with Crippen molar-refractivity contribution in [3.05, 3.63) is 0 Å². The topological polar surface area (TPSA) is 87.1 Å². The van der Waals surface area contributed by atoms with Crippen molar-refractivity contribution in [3.8, 4) is 0 Å². The molecular weight excluding hydrogens is 262 g/mol. The summed E-state index contributed by atoms with van der Waals surface area (Å²) in [6, 6.07) is 0. The highest BCUT2D eigenvalue weighted by Gasteiger charge is 2.36. The molecule has 1 saturated heterocycles. The fourth-order valence-corrected chi connectivity index (χ4v) is 3.15. The van der Waals surface area contributed by atoms with E-state index in [0.29, 0.717) is 39.0 Å². The molecule has 0 spiro atoms. The Hall–Kier alpha value is -1.14. The number of piperidine rings is 1. The molecule has 0 aromatic heterocycles. The largest absolute Gasteiger partial charge is 0.481 e. The number of carbonyl (C=O) groups is 2. The Morgan fingerprint density at radius 1 is 1.10 bits per heavy atom. The Morgan fingerprint density at radius 2 is 1.75 bits per heavy atom. The summed E-state index contributed by atoms with van der Waals surface area (Å²) in [7, 11) is 0. The van der Waals surface area contributed by atoms with E-state index in [9.17, 15) is 9.59 Å². The summed E-state index contributed by atoms with van der Waals surface area (Å²) in [6.07, 6.45) is 3.50. The number of likely N-dealkylation sites (tertiary alicyclic amines) is 1. The van der Waals surface area contributed by atoms with E-state index in [1.54, 1.807) is 0 Å². The summed E-state index contributed by atoms with van der Waals surface area (Å²) in [5.41, 5.74) is 0. The van der Waals surface area contributed by atoms with Gasteiger partial charge in [-0.15, -0.1) is 0 Å². The zero-order chi connectivity index (χ0) is 14.5. The molecule has 2 unspecified atom stereocenters. The highest BCUT2D eigenvalue weighted by molar-refractivity contribution is 5.81. The van der Waals surface area contributed by atoms with Gasteiger partial charge in [-0.3, -0.25) is 9.59 Å². The van der Waals surface area contributed by atoms with Crippen molar-refractivity contribution in [1.29, 1.82) is 0 Å². The highest BCUT2D eigenvalue weighted by atomic mass is 16.5. The molecule has 2 fully saturated rings. The number of aliphatic hydroxyl groups is 1. The minimum absolute atomic E-state index is 0.0256. The average Bonchev–Trinajstić information content (AvgIpc) is 2.95. The smallest absolute Gasteiger partial charge is 0.306 e. The number of carboxylic acids is 1. The second kappa shape index (κ2) is 7.04. The van der Waals surface area contributed by atoms with Crippen LogP contribution < -0.4 is 0 Å². The molecule has 1 aliphatic heterocycles. The molecule has 2 N–H and O–H groups in total. The molecule has 0 aromatic rings. The number of amides is 1. The molecule has 6 heteroatoms. The fourth-order valence-electron chi connectivity index (χ4n) is 3.15. The van der Waals surface area contributed by atoms with Crippen molar-refractivity contribution >= 4 is 11.9 Å². The van der Waals surface area contributed by atoms with Gasteiger partial charge in [-0.05, 0) is 32.1 Å². The van der Waals surface area contributed by atoms with Crippen LogP contribution in [0.4, 0.5) is 0 Å². The maximum Gasteiger partial charge on any atom is 0.306 e. The average molecular weight is 285 g/mol. The Morgan fingerprint density at radius 3 is 2.30 bits per heavy atom. The van der Waals surface area contributed by atoms with Gasteiger partial charge in [0.05, 0.1) is 25.2 Å². The molecule has 114 valence electrons. The third-order valence-electron chi connectivity index (χ3n) is 4.33. The van der Waals surface area contributed by atoms with Gasteiger partial charge in [0.1, 0.15) is 0 Å². The lowest BCUT2D eigenvalue weighted by atomic mass is 10.0. The minimum Gasteiger partial charge on any atom is -0.481 e. The van der Waals surface area contributed by atoms with Gasteiger partial charge in [0, 0.05) is 19.0 Å². The van der Waals surface area contributed by atoms with Crippen LogP contribution in [0.25, 0.3) is 0 Å². The Kier molecular flexibility index (Phi) is 5.37. The van der Waals surface area contributed by atoms with Crippen LogP contribution in [-0.4, -0.2) is 59.4 Å². The van der Waals surface area contributed by atoms with Crippen molar-refractivity contribution in [2.24, 2.45) is 11.8 Å². The van der Waals surface area contributed by atoms with Crippen LogP contribution in [0.3, 0.4) is 0 Å². The van der Waals surface area contributed by atoms with E-state index in [4.69, 9.17) is 14.9 Å². The molecule has 1 saturated carbocycles. The number of aliphatic carboxylic acids is 1. The molecule has 2 aliphatic rings. The van der Waals surface area contributed by atoms with E-state index in [2.05, 4.69) is 0 Å². The van der Waals surface area contributed by atoms with Crippen LogP contribution in [0.5, 0.6) is 0 Å². The van der Waals surface area contributed by atoms with E-state index in [0.717, 1.165) is 12.8 Å². The number of hydrogen-bond donors (Lipinski definition) is 2. The Balaban J connectivity index is 1.76. The van der Waals surface area contributed by atoms with Crippen molar-refractivity contribution in [3.63, 3.8) is 0 Å². The molecule has 1 heterocycles. The minimum atomic E-state index is -0.781. The van der Waals surface area contributed by atoms with Crippen molar-refractivity contribution in [2.45, 2.75) is 38.2 Å². The first-order valence-electron chi connectivity index (χ1n) is 7.36. The fraction of sp³-hybridized carbons (Fsp3) is 0.857. The molecule has 2 rings (SSSR count). The van der Waals surface area contributed by atoms with E-state index >= 15 is 0 Å². The van der Waals surface area contributed by atoms with Crippen molar-refractivity contribution in [1.82, 2.24) is 4.90 Å². The van der Waals surface area contributed by atoms with Gasteiger partial charge in [-0.1, -0.05) is 0 Å². The van der Waals surface area contributed by atoms with Crippen LogP contribution in [0.2, 0.25) is 0 Å². The van der Waals surface area contributed by atoms with Gasteiger partial charge in [0.15, 0.2) is 0 Å². The van der Waals surface area contributed by atoms with Gasteiger partial charge in [-0.25, -0.2) is 0 Å². The number of carboxylic acid groups (broad SMARTS) is 1. The summed E-state index contributed by atoms with van der Waals surface area (Å²) in [6.45, 7) is 1.71. The zero-order valence-electron chi connectivity index (χ0n) is 11.7.